The van der Waals surface area contributed by atoms with E-state index in [1.165, 1.54) is 57.8 Å². The number of rotatable bonds is 28. The summed E-state index contributed by atoms with van der Waals surface area (Å²) in [6, 6.07) is 0. The number of hydrogen-bond acceptors (Lipinski definition) is 6. The molecular formula is C28H56O6. The van der Waals surface area contributed by atoms with Crippen LogP contribution in [0, 0.1) is 5.92 Å². The number of carbonyl (C=O) groups excluding carboxylic acids is 1. The summed E-state index contributed by atoms with van der Waals surface area (Å²) in [5.41, 5.74) is 0. The van der Waals surface area contributed by atoms with Gasteiger partial charge in [0, 0.05) is 19.6 Å². The highest BCUT2D eigenvalue weighted by Crippen LogP contribution is 2.09. The minimum absolute atomic E-state index is 0.120. The van der Waals surface area contributed by atoms with Crippen LogP contribution in [0.25, 0.3) is 0 Å². The highest BCUT2D eigenvalue weighted by atomic mass is 16.6. The van der Waals surface area contributed by atoms with E-state index in [9.17, 15) is 4.79 Å². The van der Waals surface area contributed by atoms with Gasteiger partial charge < -0.3 is 23.7 Å². The van der Waals surface area contributed by atoms with E-state index in [0.29, 0.717) is 65.7 Å². The Morgan fingerprint density at radius 2 is 0.971 bits per heavy atom. The van der Waals surface area contributed by atoms with E-state index in [0.717, 1.165) is 31.8 Å². The molecule has 0 atom stereocenters. The summed E-state index contributed by atoms with van der Waals surface area (Å²) in [4.78, 5) is 11.7. The molecule has 0 aliphatic heterocycles. The van der Waals surface area contributed by atoms with E-state index in [1.807, 2.05) is 0 Å². The molecule has 6 heteroatoms. The van der Waals surface area contributed by atoms with Crippen LogP contribution in [-0.4, -0.2) is 65.4 Å². The van der Waals surface area contributed by atoms with Gasteiger partial charge in [0.1, 0.15) is 0 Å². The molecule has 0 aliphatic rings. The molecule has 0 aromatic carbocycles. The highest BCUT2D eigenvalue weighted by Gasteiger charge is 2.03. The van der Waals surface area contributed by atoms with Crippen molar-refractivity contribution in [3.63, 3.8) is 0 Å². The largest absolute Gasteiger partial charge is 0.466 e. The Hall–Kier alpha value is -0.690. The van der Waals surface area contributed by atoms with Gasteiger partial charge in [-0.2, -0.15) is 0 Å². The molecular weight excluding hydrogens is 432 g/mol. The van der Waals surface area contributed by atoms with Crippen LogP contribution in [0.4, 0.5) is 0 Å². The van der Waals surface area contributed by atoms with Crippen LogP contribution in [0.1, 0.15) is 111 Å². The molecule has 0 unspecified atom stereocenters. The van der Waals surface area contributed by atoms with Gasteiger partial charge in [-0.05, 0) is 25.2 Å². The van der Waals surface area contributed by atoms with Gasteiger partial charge in [-0.15, -0.1) is 0 Å². The average Bonchev–Trinajstić information content (AvgIpc) is 2.82. The van der Waals surface area contributed by atoms with Crippen molar-refractivity contribution >= 4 is 5.97 Å². The maximum absolute atomic E-state index is 11.7. The summed E-state index contributed by atoms with van der Waals surface area (Å²) in [6.45, 7) is 12.2. The lowest BCUT2D eigenvalue weighted by Gasteiger charge is -2.08. The highest BCUT2D eigenvalue weighted by molar-refractivity contribution is 5.69. The first-order chi connectivity index (χ1) is 16.7. The average molecular weight is 489 g/mol. The van der Waals surface area contributed by atoms with E-state index in [2.05, 4.69) is 20.8 Å². The van der Waals surface area contributed by atoms with Crippen LogP contribution in [0.3, 0.4) is 0 Å². The van der Waals surface area contributed by atoms with Gasteiger partial charge in [0.15, 0.2) is 0 Å². The van der Waals surface area contributed by atoms with Crippen LogP contribution < -0.4 is 0 Å². The Labute approximate surface area is 210 Å². The Balaban J connectivity index is 3.12. The topological polar surface area (TPSA) is 63.2 Å². The minimum atomic E-state index is -0.120. The van der Waals surface area contributed by atoms with E-state index < -0.39 is 0 Å². The fourth-order valence-corrected chi connectivity index (χ4v) is 3.51. The molecule has 0 saturated carbocycles. The second-order valence-electron chi connectivity index (χ2n) is 9.49. The molecule has 0 bridgehead atoms. The maximum atomic E-state index is 11.7. The second-order valence-corrected chi connectivity index (χ2v) is 9.49. The van der Waals surface area contributed by atoms with Crippen LogP contribution in [0.5, 0.6) is 0 Å². The van der Waals surface area contributed by atoms with Gasteiger partial charge in [0.2, 0.25) is 0 Å². The number of hydrogen-bond donors (Lipinski definition) is 0. The maximum Gasteiger partial charge on any atom is 0.305 e. The number of esters is 1. The molecule has 0 saturated heterocycles. The molecule has 0 rings (SSSR count). The SMILES string of the molecule is CCCCCCCCCOCCOCCOCCOCCCC(=O)OCCCCCCC(C)C. The summed E-state index contributed by atoms with van der Waals surface area (Å²) in [5, 5.41) is 0. The lowest BCUT2D eigenvalue weighted by Crippen LogP contribution is -2.12. The zero-order valence-corrected chi connectivity index (χ0v) is 22.8. The number of unbranched alkanes of at least 4 members (excludes halogenated alkanes) is 9. The molecule has 0 spiro atoms. The lowest BCUT2D eigenvalue weighted by atomic mass is 10.0. The molecule has 0 radical (unpaired) electrons. The van der Waals surface area contributed by atoms with E-state index in [-0.39, 0.29) is 5.97 Å². The molecule has 0 N–H and O–H groups in total. The Morgan fingerprint density at radius 1 is 0.529 bits per heavy atom. The third-order valence-electron chi connectivity index (χ3n) is 5.62. The first-order valence-electron chi connectivity index (χ1n) is 14.1. The normalized spacial score (nSPS) is 11.4. The first kappa shape index (κ1) is 33.3. The Kier molecular flexibility index (Phi) is 28.0. The molecule has 204 valence electrons. The van der Waals surface area contributed by atoms with Crippen LogP contribution in [-0.2, 0) is 28.5 Å². The van der Waals surface area contributed by atoms with Crippen molar-refractivity contribution < 1.29 is 28.5 Å². The molecule has 0 aliphatic carbocycles. The fourth-order valence-electron chi connectivity index (χ4n) is 3.51. The van der Waals surface area contributed by atoms with Gasteiger partial charge in [-0.3, -0.25) is 4.79 Å². The lowest BCUT2D eigenvalue weighted by molar-refractivity contribution is -0.144. The van der Waals surface area contributed by atoms with Crippen LogP contribution >= 0.6 is 0 Å². The van der Waals surface area contributed by atoms with Gasteiger partial charge in [0.05, 0.1) is 46.2 Å². The molecule has 0 aromatic rings. The molecule has 34 heavy (non-hydrogen) atoms. The van der Waals surface area contributed by atoms with E-state index in [1.54, 1.807) is 0 Å². The fraction of sp³-hybridized carbons (Fsp3) is 0.964. The van der Waals surface area contributed by atoms with E-state index in [4.69, 9.17) is 23.7 Å². The van der Waals surface area contributed by atoms with Crippen molar-refractivity contribution in [3.05, 3.63) is 0 Å². The van der Waals surface area contributed by atoms with Crippen molar-refractivity contribution in [2.45, 2.75) is 111 Å². The molecule has 0 amide bonds. The van der Waals surface area contributed by atoms with Crippen molar-refractivity contribution in [2.24, 2.45) is 5.92 Å². The number of carbonyl (C=O) groups is 1. The molecule has 0 fully saturated rings. The van der Waals surface area contributed by atoms with Crippen molar-refractivity contribution in [2.75, 3.05) is 59.5 Å². The van der Waals surface area contributed by atoms with Crippen molar-refractivity contribution in [1.82, 2.24) is 0 Å². The third kappa shape index (κ3) is 29.3. The van der Waals surface area contributed by atoms with Crippen molar-refractivity contribution in [1.29, 1.82) is 0 Å². The zero-order chi connectivity index (χ0) is 25.0. The Morgan fingerprint density at radius 3 is 1.53 bits per heavy atom. The summed E-state index contributed by atoms with van der Waals surface area (Å²) in [6.07, 6.45) is 16.1. The predicted molar refractivity (Wildman–Crippen MR) is 139 cm³/mol. The summed E-state index contributed by atoms with van der Waals surface area (Å²) in [5.74, 6) is 0.658. The summed E-state index contributed by atoms with van der Waals surface area (Å²) >= 11 is 0. The Bertz CT molecular complexity index is 402. The molecule has 6 nitrogen and oxygen atoms in total. The predicted octanol–water partition coefficient (Wildman–Crippen LogP) is 6.73. The van der Waals surface area contributed by atoms with Crippen molar-refractivity contribution in [3.8, 4) is 0 Å². The van der Waals surface area contributed by atoms with Gasteiger partial charge in [-0.1, -0.05) is 85.0 Å². The first-order valence-corrected chi connectivity index (χ1v) is 14.1. The second kappa shape index (κ2) is 28.5. The smallest absolute Gasteiger partial charge is 0.305 e. The summed E-state index contributed by atoms with van der Waals surface area (Å²) < 4.78 is 27.3. The molecule has 0 aromatic heterocycles. The third-order valence-corrected chi connectivity index (χ3v) is 5.62. The van der Waals surface area contributed by atoms with Gasteiger partial charge in [-0.25, -0.2) is 0 Å². The minimum Gasteiger partial charge on any atom is -0.466 e. The van der Waals surface area contributed by atoms with Gasteiger partial charge >= 0.3 is 5.97 Å². The molecule has 0 heterocycles. The monoisotopic (exact) mass is 488 g/mol. The van der Waals surface area contributed by atoms with Gasteiger partial charge in [0.25, 0.3) is 0 Å². The quantitative estimate of drug-likeness (QED) is 0.0898. The van der Waals surface area contributed by atoms with Crippen LogP contribution in [0.2, 0.25) is 0 Å². The standard InChI is InChI=1S/C28H56O6/c1-4-5-6-7-8-10-13-18-30-21-23-32-25-26-33-24-22-31-19-15-17-28(29)34-20-14-11-9-12-16-27(2)3/h27H,4-26H2,1-3H3. The van der Waals surface area contributed by atoms with E-state index >= 15 is 0 Å². The van der Waals surface area contributed by atoms with Crippen LogP contribution in [0.15, 0.2) is 0 Å². The zero-order valence-electron chi connectivity index (χ0n) is 22.8. The summed E-state index contributed by atoms with van der Waals surface area (Å²) in [7, 11) is 0. The number of ether oxygens (including phenoxy) is 5.